The van der Waals surface area contributed by atoms with Gasteiger partial charge in [-0.3, -0.25) is 10.1 Å². The summed E-state index contributed by atoms with van der Waals surface area (Å²) in [7, 11) is 1.56. The third-order valence-corrected chi connectivity index (χ3v) is 5.76. The number of methoxy groups -OCH3 is 1. The maximum absolute atomic E-state index is 12.1. The molecule has 0 aromatic carbocycles. The highest BCUT2D eigenvalue weighted by molar-refractivity contribution is 7.15. The molecule has 0 atom stereocenters. The Morgan fingerprint density at radius 3 is 3.00 bits per heavy atom. The Kier molecular flexibility index (Phi) is 7.69. The fourth-order valence-corrected chi connectivity index (χ4v) is 4.21. The molecule has 0 bridgehead atoms. The maximum atomic E-state index is 12.1. The van der Waals surface area contributed by atoms with E-state index in [1.165, 1.54) is 11.3 Å². The minimum Gasteiger partial charge on any atom is -0.493 e. The van der Waals surface area contributed by atoms with Crippen molar-refractivity contribution in [1.29, 1.82) is 0 Å². The zero-order chi connectivity index (χ0) is 21.5. The summed E-state index contributed by atoms with van der Waals surface area (Å²) in [6.07, 6.45) is 3.29. The first-order valence-electron chi connectivity index (χ1n) is 9.63. The number of halogens is 1. The van der Waals surface area contributed by atoms with Crippen LogP contribution in [0.1, 0.15) is 30.3 Å². The van der Waals surface area contributed by atoms with Gasteiger partial charge in [-0.15, -0.1) is 0 Å². The van der Waals surface area contributed by atoms with Gasteiger partial charge in [-0.1, -0.05) is 22.9 Å². The number of fused-ring (bicyclic) bond motifs is 1. The van der Waals surface area contributed by atoms with E-state index in [4.69, 9.17) is 21.1 Å². The van der Waals surface area contributed by atoms with Gasteiger partial charge in [0.1, 0.15) is 0 Å². The monoisotopic (exact) mass is 453 g/mol. The Bertz CT molecular complexity index is 907. The Balaban J connectivity index is 1.52. The van der Waals surface area contributed by atoms with Crippen molar-refractivity contribution in [2.24, 2.45) is 0 Å². The molecule has 2 aromatic heterocycles. The summed E-state index contributed by atoms with van der Waals surface area (Å²) in [6, 6.07) is 1.53. The fraction of sp³-hybridized carbons (Fsp3) is 0.474. The molecule has 1 aliphatic heterocycles. The minimum absolute atomic E-state index is 0.259. The molecule has 9 nitrogen and oxygen atoms in total. The molecule has 2 aromatic rings. The molecule has 2 amide bonds. The molecule has 3 rings (SSSR count). The van der Waals surface area contributed by atoms with Gasteiger partial charge in [0.05, 0.1) is 37.8 Å². The predicted octanol–water partition coefficient (Wildman–Crippen LogP) is 3.23. The number of pyridine rings is 1. The van der Waals surface area contributed by atoms with Crippen LogP contribution in [0.15, 0.2) is 12.3 Å². The molecule has 1 aliphatic rings. The van der Waals surface area contributed by atoms with Crippen molar-refractivity contribution in [3.8, 4) is 5.75 Å². The number of hydrogen-bond donors (Lipinski definition) is 2. The Morgan fingerprint density at radius 2 is 2.23 bits per heavy atom. The normalized spacial score (nSPS) is 12.8. The van der Waals surface area contributed by atoms with Crippen LogP contribution in [-0.4, -0.2) is 48.8 Å². The second-order valence-corrected chi connectivity index (χ2v) is 7.98. The number of nitrogens with one attached hydrogen (secondary N) is 2. The summed E-state index contributed by atoms with van der Waals surface area (Å²) in [5, 5.41) is 6.37. The van der Waals surface area contributed by atoms with Gasteiger partial charge in [0.25, 0.3) is 0 Å². The van der Waals surface area contributed by atoms with Gasteiger partial charge in [0.15, 0.2) is 16.0 Å². The number of esters is 1. The molecular formula is C19H24ClN5O4S. The van der Waals surface area contributed by atoms with E-state index in [1.54, 1.807) is 20.2 Å². The standard InChI is InChI=1S/C19H24ClN5O4S/c1-3-29-16(26)5-4-7-21-18(27)24-19-23-13-6-8-25(11-15(13)30-19)12-9-14(28-2)17(20)22-10-12/h9-10H,3-8,11H2,1-2H3,(H2,21,23,24,27). The third kappa shape index (κ3) is 5.73. The lowest BCUT2D eigenvalue weighted by Gasteiger charge is -2.28. The average Bonchev–Trinajstić information content (AvgIpc) is 3.13. The number of ether oxygens (including phenoxy) is 2. The SMILES string of the molecule is CCOC(=O)CCCNC(=O)Nc1nc2c(s1)CN(c1cnc(Cl)c(OC)c1)CC2. The first-order valence-corrected chi connectivity index (χ1v) is 10.8. The smallest absolute Gasteiger partial charge is 0.321 e. The first kappa shape index (κ1) is 22.1. The highest BCUT2D eigenvalue weighted by Crippen LogP contribution is 2.33. The zero-order valence-corrected chi connectivity index (χ0v) is 18.4. The van der Waals surface area contributed by atoms with E-state index >= 15 is 0 Å². The van der Waals surface area contributed by atoms with Gasteiger partial charge in [-0.25, -0.2) is 14.8 Å². The summed E-state index contributed by atoms with van der Waals surface area (Å²) in [5.74, 6) is 0.275. The van der Waals surface area contributed by atoms with Crippen LogP contribution in [0.2, 0.25) is 5.15 Å². The number of thiazole rings is 1. The number of rotatable bonds is 8. The Labute approximate surface area is 183 Å². The van der Waals surface area contributed by atoms with Gasteiger partial charge < -0.3 is 19.7 Å². The fourth-order valence-electron chi connectivity index (χ4n) is 3.01. The van der Waals surface area contributed by atoms with Crippen LogP contribution in [0.4, 0.5) is 15.6 Å². The van der Waals surface area contributed by atoms with Gasteiger partial charge in [0.2, 0.25) is 0 Å². The van der Waals surface area contributed by atoms with Crippen molar-refractivity contribution in [2.45, 2.75) is 32.7 Å². The van der Waals surface area contributed by atoms with Crippen LogP contribution >= 0.6 is 22.9 Å². The number of carbonyl (C=O) groups is 2. The molecule has 0 radical (unpaired) electrons. The van der Waals surface area contributed by atoms with Crippen LogP contribution < -0.4 is 20.3 Å². The number of hydrogen-bond acceptors (Lipinski definition) is 8. The van der Waals surface area contributed by atoms with Gasteiger partial charge >= 0.3 is 12.0 Å². The highest BCUT2D eigenvalue weighted by Gasteiger charge is 2.22. The number of carbonyl (C=O) groups excluding carboxylic acids is 2. The van der Waals surface area contributed by atoms with Gasteiger partial charge in [-0.2, -0.15) is 0 Å². The van der Waals surface area contributed by atoms with E-state index in [0.29, 0.717) is 42.2 Å². The van der Waals surface area contributed by atoms with E-state index in [0.717, 1.165) is 29.2 Å². The summed E-state index contributed by atoms with van der Waals surface area (Å²) < 4.78 is 10.1. The topological polar surface area (TPSA) is 106 Å². The van der Waals surface area contributed by atoms with Crippen LogP contribution in [0.5, 0.6) is 5.75 Å². The molecule has 2 N–H and O–H groups in total. The molecule has 11 heteroatoms. The molecule has 0 unspecified atom stereocenters. The van der Waals surface area contributed by atoms with E-state index in [2.05, 4.69) is 25.5 Å². The van der Waals surface area contributed by atoms with Crippen LogP contribution in [0.3, 0.4) is 0 Å². The van der Waals surface area contributed by atoms with Crippen molar-refractivity contribution < 1.29 is 19.1 Å². The molecule has 0 saturated heterocycles. The summed E-state index contributed by atoms with van der Waals surface area (Å²) in [6.45, 7) is 3.96. The minimum atomic E-state index is -0.339. The van der Waals surface area contributed by atoms with Crippen molar-refractivity contribution >= 4 is 45.8 Å². The van der Waals surface area contributed by atoms with Crippen molar-refractivity contribution in [2.75, 3.05) is 37.0 Å². The summed E-state index contributed by atoms with van der Waals surface area (Å²) in [5.41, 5.74) is 1.91. The third-order valence-electron chi connectivity index (χ3n) is 4.48. The van der Waals surface area contributed by atoms with Crippen molar-refractivity contribution in [3.05, 3.63) is 28.0 Å². The largest absolute Gasteiger partial charge is 0.493 e. The molecule has 0 fully saturated rings. The molecule has 0 spiro atoms. The summed E-state index contributed by atoms with van der Waals surface area (Å²) >= 11 is 7.46. The first-order chi connectivity index (χ1) is 14.5. The quantitative estimate of drug-likeness (QED) is 0.359. The van der Waals surface area contributed by atoms with Crippen LogP contribution in [-0.2, 0) is 22.5 Å². The molecule has 0 aliphatic carbocycles. The second kappa shape index (κ2) is 10.4. The lowest BCUT2D eigenvalue weighted by molar-refractivity contribution is -0.143. The lowest BCUT2D eigenvalue weighted by Crippen LogP contribution is -2.30. The number of aromatic nitrogens is 2. The molecule has 162 valence electrons. The average molecular weight is 454 g/mol. The summed E-state index contributed by atoms with van der Waals surface area (Å²) in [4.78, 5) is 35.3. The lowest BCUT2D eigenvalue weighted by atomic mass is 10.1. The zero-order valence-electron chi connectivity index (χ0n) is 16.9. The van der Waals surface area contributed by atoms with Crippen molar-refractivity contribution in [1.82, 2.24) is 15.3 Å². The van der Waals surface area contributed by atoms with E-state index < -0.39 is 0 Å². The number of amides is 2. The van der Waals surface area contributed by atoms with E-state index in [1.807, 2.05) is 6.07 Å². The predicted molar refractivity (Wildman–Crippen MR) is 116 cm³/mol. The molecular weight excluding hydrogens is 430 g/mol. The molecule has 30 heavy (non-hydrogen) atoms. The number of anilines is 2. The highest BCUT2D eigenvalue weighted by atomic mass is 35.5. The number of nitrogens with zero attached hydrogens (tertiary/aromatic N) is 3. The van der Waals surface area contributed by atoms with E-state index in [9.17, 15) is 9.59 Å². The van der Waals surface area contributed by atoms with Gasteiger partial charge in [-0.05, 0) is 13.3 Å². The molecule has 3 heterocycles. The van der Waals surface area contributed by atoms with E-state index in [-0.39, 0.29) is 18.4 Å². The number of urea groups is 1. The van der Waals surface area contributed by atoms with Crippen LogP contribution in [0.25, 0.3) is 0 Å². The van der Waals surface area contributed by atoms with Crippen LogP contribution in [0, 0.1) is 0 Å². The molecule has 0 saturated carbocycles. The Morgan fingerprint density at radius 1 is 1.40 bits per heavy atom. The Hall–Kier alpha value is -2.59. The maximum Gasteiger partial charge on any atom is 0.321 e. The van der Waals surface area contributed by atoms with Crippen molar-refractivity contribution in [3.63, 3.8) is 0 Å². The van der Waals surface area contributed by atoms with Gasteiger partial charge in [0, 0.05) is 36.9 Å². The second-order valence-electron chi connectivity index (χ2n) is 6.54.